The van der Waals surface area contributed by atoms with Crippen molar-refractivity contribution >= 4 is 22.4 Å². The first-order valence-electron chi connectivity index (χ1n) is 4.81. The van der Waals surface area contributed by atoms with Crippen molar-refractivity contribution in [2.75, 3.05) is 20.1 Å². The van der Waals surface area contributed by atoms with E-state index in [4.69, 9.17) is 0 Å². The lowest BCUT2D eigenvalue weighted by Crippen LogP contribution is -2.35. The van der Waals surface area contributed by atoms with Crippen molar-refractivity contribution in [1.29, 1.82) is 0 Å². The standard InChI is InChI=1S/C8H16N2O2S.ClH/c1-9-7-4-5-10(6-7)13(11,12)8-2-3-8;/h7-9H,2-6H2,1H3;1H/t7-;/m1./s1. The highest BCUT2D eigenvalue weighted by Crippen LogP contribution is 2.32. The number of rotatable bonds is 3. The van der Waals surface area contributed by atoms with Gasteiger partial charge in [-0.3, -0.25) is 0 Å². The molecule has 2 aliphatic rings. The Morgan fingerprint density at radius 2 is 1.93 bits per heavy atom. The van der Waals surface area contributed by atoms with Crippen molar-refractivity contribution in [3.8, 4) is 0 Å². The summed E-state index contributed by atoms with van der Waals surface area (Å²) in [6.07, 6.45) is 2.68. The summed E-state index contributed by atoms with van der Waals surface area (Å²) in [7, 11) is -1.03. The van der Waals surface area contributed by atoms with Gasteiger partial charge in [-0.05, 0) is 26.3 Å². The van der Waals surface area contributed by atoms with E-state index < -0.39 is 10.0 Å². The van der Waals surface area contributed by atoms with Crippen LogP contribution >= 0.6 is 12.4 Å². The molecule has 0 bridgehead atoms. The molecule has 2 fully saturated rings. The molecule has 14 heavy (non-hydrogen) atoms. The zero-order valence-electron chi connectivity index (χ0n) is 8.27. The van der Waals surface area contributed by atoms with Crippen molar-refractivity contribution in [3.05, 3.63) is 0 Å². The third kappa shape index (κ3) is 2.21. The van der Waals surface area contributed by atoms with Gasteiger partial charge in [-0.25, -0.2) is 12.7 Å². The van der Waals surface area contributed by atoms with Gasteiger partial charge in [0, 0.05) is 19.1 Å². The largest absolute Gasteiger partial charge is 0.316 e. The average molecular weight is 241 g/mol. The van der Waals surface area contributed by atoms with Crippen LogP contribution in [-0.2, 0) is 10.0 Å². The van der Waals surface area contributed by atoms with E-state index in [2.05, 4.69) is 5.32 Å². The minimum absolute atomic E-state index is 0. The summed E-state index contributed by atoms with van der Waals surface area (Å²) in [6.45, 7) is 1.36. The van der Waals surface area contributed by atoms with E-state index >= 15 is 0 Å². The van der Waals surface area contributed by atoms with Crippen LogP contribution < -0.4 is 5.32 Å². The van der Waals surface area contributed by atoms with Crippen molar-refractivity contribution in [3.63, 3.8) is 0 Å². The first-order chi connectivity index (χ1) is 6.14. The van der Waals surface area contributed by atoms with Crippen molar-refractivity contribution in [1.82, 2.24) is 9.62 Å². The fourth-order valence-corrected chi connectivity index (χ4v) is 3.67. The highest BCUT2D eigenvalue weighted by atomic mass is 35.5. The summed E-state index contributed by atoms with van der Waals surface area (Å²) in [5.41, 5.74) is 0. The molecule has 6 heteroatoms. The lowest BCUT2D eigenvalue weighted by Gasteiger charge is -2.15. The Balaban J connectivity index is 0.000000980. The number of nitrogens with zero attached hydrogens (tertiary/aromatic N) is 1. The van der Waals surface area contributed by atoms with Crippen molar-refractivity contribution in [2.24, 2.45) is 0 Å². The fraction of sp³-hybridized carbons (Fsp3) is 1.00. The molecule has 1 aliphatic carbocycles. The van der Waals surface area contributed by atoms with E-state index in [-0.39, 0.29) is 17.7 Å². The first-order valence-corrected chi connectivity index (χ1v) is 6.31. The second-order valence-corrected chi connectivity index (χ2v) is 6.09. The lowest BCUT2D eigenvalue weighted by atomic mass is 10.3. The number of nitrogens with one attached hydrogen (secondary N) is 1. The number of likely N-dealkylation sites (N-methyl/N-ethyl adjacent to an activating group) is 1. The highest BCUT2D eigenvalue weighted by Gasteiger charge is 2.42. The molecular formula is C8H17ClN2O2S. The molecule has 1 saturated carbocycles. The van der Waals surface area contributed by atoms with E-state index in [9.17, 15) is 8.42 Å². The van der Waals surface area contributed by atoms with Gasteiger partial charge in [0.1, 0.15) is 0 Å². The van der Waals surface area contributed by atoms with Crippen LogP contribution in [0.2, 0.25) is 0 Å². The van der Waals surface area contributed by atoms with Gasteiger partial charge in [0.05, 0.1) is 5.25 Å². The number of hydrogen-bond acceptors (Lipinski definition) is 3. The first kappa shape index (κ1) is 12.2. The van der Waals surface area contributed by atoms with E-state index in [0.29, 0.717) is 19.1 Å². The molecule has 2 rings (SSSR count). The third-order valence-corrected chi connectivity index (χ3v) is 5.23. The van der Waals surface area contributed by atoms with Crippen LogP contribution in [0, 0.1) is 0 Å². The van der Waals surface area contributed by atoms with Crippen molar-refractivity contribution < 1.29 is 8.42 Å². The summed E-state index contributed by atoms with van der Waals surface area (Å²) >= 11 is 0. The quantitative estimate of drug-likeness (QED) is 0.767. The molecule has 1 saturated heterocycles. The molecule has 0 aromatic heterocycles. The van der Waals surface area contributed by atoms with Gasteiger partial charge in [-0.15, -0.1) is 12.4 Å². The zero-order chi connectivity index (χ0) is 9.47. The van der Waals surface area contributed by atoms with Gasteiger partial charge >= 0.3 is 0 Å². The van der Waals surface area contributed by atoms with Crippen LogP contribution in [0.4, 0.5) is 0 Å². The molecule has 1 aliphatic heterocycles. The fourth-order valence-electron chi connectivity index (χ4n) is 1.77. The Bertz CT molecular complexity index is 290. The van der Waals surface area contributed by atoms with Crippen LogP contribution in [-0.4, -0.2) is 44.2 Å². The van der Waals surface area contributed by atoms with E-state index in [1.807, 2.05) is 7.05 Å². The maximum Gasteiger partial charge on any atom is 0.217 e. The third-order valence-electron chi connectivity index (χ3n) is 2.86. The lowest BCUT2D eigenvalue weighted by molar-refractivity contribution is 0.463. The van der Waals surface area contributed by atoms with Gasteiger partial charge in [0.15, 0.2) is 0 Å². The molecule has 84 valence electrons. The Hall–Kier alpha value is 0.160. The Morgan fingerprint density at radius 1 is 1.29 bits per heavy atom. The molecule has 0 amide bonds. The molecule has 1 atom stereocenters. The van der Waals surface area contributed by atoms with Crippen molar-refractivity contribution in [2.45, 2.75) is 30.6 Å². The minimum Gasteiger partial charge on any atom is -0.316 e. The molecule has 0 radical (unpaired) electrons. The summed E-state index contributed by atoms with van der Waals surface area (Å²) in [5.74, 6) is 0. The molecule has 0 unspecified atom stereocenters. The maximum atomic E-state index is 11.8. The molecule has 0 spiro atoms. The second kappa shape index (κ2) is 4.35. The summed E-state index contributed by atoms with van der Waals surface area (Å²) in [6, 6.07) is 0.355. The summed E-state index contributed by atoms with van der Waals surface area (Å²) in [4.78, 5) is 0. The Kier molecular flexibility index (Phi) is 3.80. The topological polar surface area (TPSA) is 49.4 Å². The SMILES string of the molecule is CN[C@@H]1CCN(S(=O)(=O)C2CC2)C1.Cl. The van der Waals surface area contributed by atoms with E-state index in [1.165, 1.54) is 0 Å². The Labute approximate surface area is 91.5 Å². The van der Waals surface area contributed by atoms with Crippen LogP contribution in [0.5, 0.6) is 0 Å². The monoisotopic (exact) mass is 240 g/mol. The predicted molar refractivity (Wildman–Crippen MR) is 58.2 cm³/mol. The normalized spacial score (nSPS) is 28.8. The number of hydrogen-bond donors (Lipinski definition) is 1. The zero-order valence-corrected chi connectivity index (χ0v) is 9.90. The van der Waals surface area contributed by atoms with Crippen LogP contribution in [0.1, 0.15) is 19.3 Å². The van der Waals surface area contributed by atoms with Crippen LogP contribution in [0.25, 0.3) is 0 Å². The van der Waals surface area contributed by atoms with Crippen LogP contribution in [0.15, 0.2) is 0 Å². The number of halogens is 1. The molecule has 0 aromatic rings. The van der Waals surface area contributed by atoms with Gasteiger partial charge in [0.25, 0.3) is 0 Å². The van der Waals surface area contributed by atoms with Gasteiger partial charge < -0.3 is 5.32 Å². The number of sulfonamides is 1. The second-order valence-electron chi connectivity index (χ2n) is 3.88. The maximum absolute atomic E-state index is 11.8. The highest BCUT2D eigenvalue weighted by molar-refractivity contribution is 7.90. The van der Waals surface area contributed by atoms with E-state index in [1.54, 1.807) is 4.31 Å². The minimum atomic E-state index is -2.92. The smallest absolute Gasteiger partial charge is 0.217 e. The molecule has 0 aromatic carbocycles. The summed E-state index contributed by atoms with van der Waals surface area (Å²) < 4.78 is 25.2. The van der Waals surface area contributed by atoms with Gasteiger partial charge in [0.2, 0.25) is 10.0 Å². The van der Waals surface area contributed by atoms with Gasteiger partial charge in [-0.2, -0.15) is 0 Å². The van der Waals surface area contributed by atoms with Gasteiger partial charge in [-0.1, -0.05) is 0 Å². The van der Waals surface area contributed by atoms with Crippen LogP contribution in [0.3, 0.4) is 0 Å². The summed E-state index contributed by atoms with van der Waals surface area (Å²) in [5, 5.41) is 3.07. The molecular weight excluding hydrogens is 224 g/mol. The molecule has 1 heterocycles. The molecule has 1 N–H and O–H groups in total. The van der Waals surface area contributed by atoms with E-state index in [0.717, 1.165) is 19.3 Å². The Morgan fingerprint density at radius 3 is 2.36 bits per heavy atom. The molecule has 4 nitrogen and oxygen atoms in total. The average Bonchev–Trinajstić information content (AvgIpc) is 2.84. The predicted octanol–water partition coefficient (Wildman–Crippen LogP) is 0.194.